The highest BCUT2D eigenvalue weighted by molar-refractivity contribution is 5.39. The minimum absolute atomic E-state index is 0.403. The number of rotatable bonds is 1. The molecule has 0 saturated heterocycles. The van der Waals surface area contributed by atoms with E-state index in [9.17, 15) is 0 Å². The minimum atomic E-state index is 0.403. The Bertz CT molecular complexity index is 264. The van der Waals surface area contributed by atoms with E-state index in [0.717, 1.165) is 5.92 Å². The lowest BCUT2D eigenvalue weighted by atomic mass is 9.72. The predicted octanol–water partition coefficient (Wildman–Crippen LogP) is 4.09. The van der Waals surface area contributed by atoms with Gasteiger partial charge in [-0.25, -0.2) is 0 Å². The van der Waals surface area contributed by atoms with Crippen molar-refractivity contribution in [3.63, 3.8) is 0 Å². The topological polar surface area (TPSA) is 0 Å². The van der Waals surface area contributed by atoms with Crippen molar-refractivity contribution in [1.29, 1.82) is 0 Å². The summed E-state index contributed by atoms with van der Waals surface area (Å²) in [4.78, 5) is 0. The van der Waals surface area contributed by atoms with Gasteiger partial charge in [-0.05, 0) is 32.6 Å². The Balaban J connectivity index is 2.26. The second-order valence-electron chi connectivity index (χ2n) is 4.91. The van der Waals surface area contributed by atoms with Crippen molar-refractivity contribution in [2.24, 2.45) is 11.3 Å². The van der Waals surface area contributed by atoms with Crippen LogP contribution >= 0.6 is 0 Å². The van der Waals surface area contributed by atoms with Crippen molar-refractivity contribution in [3.8, 4) is 0 Å². The van der Waals surface area contributed by atoms with E-state index in [4.69, 9.17) is 0 Å². The molecule has 2 aliphatic rings. The maximum absolute atomic E-state index is 2.44. The van der Waals surface area contributed by atoms with Crippen LogP contribution in [0.25, 0.3) is 0 Å². The SMILES string of the molecule is CC1=C(C)C(C)(C2CCCC2)C=C1. The molecule has 0 bridgehead atoms. The monoisotopic (exact) mass is 176 g/mol. The van der Waals surface area contributed by atoms with E-state index in [-0.39, 0.29) is 0 Å². The molecular formula is C13H20. The summed E-state index contributed by atoms with van der Waals surface area (Å²) >= 11 is 0. The van der Waals surface area contributed by atoms with Crippen LogP contribution < -0.4 is 0 Å². The second kappa shape index (κ2) is 3.01. The molecule has 72 valence electrons. The number of allylic oxidation sites excluding steroid dienone is 4. The summed E-state index contributed by atoms with van der Waals surface area (Å²) in [5.41, 5.74) is 3.51. The number of hydrogen-bond acceptors (Lipinski definition) is 0. The van der Waals surface area contributed by atoms with Crippen LogP contribution in [-0.2, 0) is 0 Å². The van der Waals surface area contributed by atoms with E-state index < -0.39 is 0 Å². The Morgan fingerprint density at radius 3 is 2.31 bits per heavy atom. The Labute approximate surface area is 81.7 Å². The molecule has 13 heavy (non-hydrogen) atoms. The van der Waals surface area contributed by atoms with E-state index >= 15 is 0 Å². The lowest BCUT2D eigenvalue weighted by Gasteiger charge is -2.32. The third-order valence-electron chi connectivity index (χ3n) is 4.28. The minimum Gasteiger partial charge on any atom is -0.0740 e. The first kappa shape index (κ1) is 9.05. The van der Waals surface area contributed by atoms with Gasteiger partial charge in [-0.1, -0.05) is 43.1 Å². The molecule has 0 aromatic heterocycles. The van der Waals surface area contributed by atoms with Gasteiger partial charge < -0.3 is 0 Å². The molecule has 0 aromatic rings. The summed E-state index contributed by atoms with van der Waals surface area (Å²) in [5.74, 6) is 0.918. The predicted molar refractivity (Wildman–Crippen MR) is 57.6 cm³/mol. The molecule has 1 fully saturated rings. The van der Waals surface area contributed by atoms with Crippen LogP contribution in [0.5, 0.6) is 0 Å². The van der Waals surface area contributed by atoms with Gasteiger partial charge in [0.2, 0.25) is 0 Å². The third-order valence-corrected chi connectivity index (χ3v) is 4.28. The highest BCUT2D eigenvalue weighted by Gasteiger charge is 2.37. The average molecular weight is 176 g/mol. The van der Waals surface area contributed by atoms with Crippen molar-refractivity contribution in [1.82, 2.24) is 0 Å². The first-order valence-corrected chi connectivity index (χ1v) is 5.52. The van der Waals surface area contributed by atoms with E-state index in [1.54, 1.807) is 5.57 Å². The fraction of sp³-hybridized carbons (Fsp3) is 0.692. The summed E-state index contributed by atoms with van der Waals surface area (Å²) in [6.07, 6.45) is 10.5. The van der Waals surface area contributed by atoms with Crippen molar-refractivity contribution >= 4 is 0 Å². The maximum Gasteiger partial charge on any atom is 0.00968 e. The van der Waals surface area contributed by atoms with Crippen LogP contribution in [0, 0.1) is 11.3 Å². The van der Waals surface area contributed by atoms with Gasteiger partial charge >= 0.3 is 0 Å². The van der Waals surface area contributed by atoms with E-state index in [1.165, 1.54) is 31.3 Å². The van der Waals surface area contributed by atoms with E-state index in [2.05, 4.69) is 32.9 Å². The highest BCUT2D eigenvalue weighted by atomic mass is 14.4. The van der Waals surface area contributed by atoms with E-state index in [0.29, 0.717) is 5.41 Å². The van der Waals surface area contributed by atoms with Gasteiger partial charge in [0.25, 0.3) is 0 Å². The van der Waals surface area contributed by atoms with Crippen LogP contribution in [0.4, 0.5) is 0 Å². The quantitative estimate of drug-likeness (QED) is 0.564. The Morgan fingerprint density at radius 1 is 1.23 bits per heavy atom. The molecule has 0 amide bonds. The van der Waals surface area contributed by atoms with Gasteiger partial charge in [0.1, 0.15) is 0 Å². The van der Waals surface area contributed by atoms with Gasteiger partial charge in [0, 0.05) is 5.41 Å². The molecule has 1 unspecified atom stereocenters. The molecule has 0 spiro atoms. The second-order valence-corrected chi connectivity index (χ2v) is 4.91. The fourth-order valence-electron chi connectivity index (χ4n) is 2.94. The number of hydrogen-bond donors (Lipinski definition) is 0. The Morgan fingerprint density at radius 2 is 1.85 bits per heavy atom. The molecule has 2 rings (SSSR count). The summed E-state index contributed by atoms with van der Waals surface area (Å²) < 4.78 is 0. The van der Waals surface area contributed by atoms with Crippen LogP contribution in [-0.4, -0.2) is 0 Å². The lowest BCUT2D eigenvalue weighted by molar-refractivity contribution is 0.316. The van der Waals surface area contributed by atoms with Gasteiger partial charge in [0.15, 0.2) is 0 Å². The van der Waals surface area contributed by atoms with Crippen molar-refractivity contribution < 1.29 is 0 Å². The smallest absolute Gasteiger partial charge is 0.00968 e. The van der Waals surface area contributed by atoms with Gasteiger partial charge in [-0.2, -0.15) is 0 Å². The van der Waals surface area contributed by atoms with Crippen LogP contribution in [0.1, 0.15) is 46.5 Å². The van der Waals surface area contributed by atoms with Crippen molar-refractivity contribution in [2.45, 2.75) is 46.5 Å². The first-order chi connectivity index (χ1) is 6.14. The molecule has 0 heterocycles. The van der Waals surface area contributed by atoms with Crippen LogP contribution in [0.2, 0.25) is 0 Å². The Hall–Kier alpha value is -0.520. The zero-order chi connectivity index (χ0) is 9.47. The standard InChI is InChI=1S/C13H20/c1-10-8-9-13(3,11(10)2)12-6-4-5-7-12/h8-9,12H,4-7H2,1-3H3. The third kappa shape index (κ3) is 1.27. The molecule has 1 atom stereocenters. The normalized spacial score (nSPS) is 35.0. The van der Waals surface area contributed by atoms with Gasteiger partial charge in [0.05, 0.1) is 0 Å². The molecule has 0 nitrogen and oxygen atoms in total. The van der Waals surface area contributed by atoms with Crippen LogP contribution in [0.3, 0.4) is 0 Å². The molecule has 1 saturated carbocycles. The molecule has 0 N–H and O–H groups in total. The zero-order valence-corrected chi connectivity index (χ0v) is 9.06. The average Bonchev–Trinajstić information content (AvgIpc) is 2.71. The molecule has 0 heteroatoms. The highest BCUT2D eigenvalue weighted by Crippen LogP contribution is 2.49. The summed E-state index contributed by atoms with van der Waals surface area (Å²) in [5, 5.41) is 0. The fourth-order valence-corrected chi connectivity index (χ4v) is 2.94. The van der Waals surface area contributed by atoms with Crippen molar-refractivity contribution in [2.75, 3.05) is 0 Å². The van der Waals surface area contributed by atoms with E-state index in [1.807, 2.05) is 0 Å². The van der Waals surface area contributed by atoms with Crippen molar-refractivity contribution in [3.05, 3.63) is 23.3 Å². The van der Waals surface area contributed by atoms with Crippen LogP contribution in [0.15, 0.2) is 23.3 Å². The first-order valence-electron chi connectivity index (χ1n) is 5.52. The maximum atomic E-state index is 2.44. The zero-order valence-electron chi connectivity index (χ0n) is 9.06. The molecular weight excluding hydrogens is 156 g/mol. The molecule has 0 aromatic carbocycles. The Kier molecular flexibility index (Phi) is 2.09. The summed E-state index contributed by atoms with van der Waals surface area (Å²) in [6, 6.07) is 0. The lowest BCUT2D eigenvalue weighted by Crippen LogP contribution is -2.22. The summed E-state index contributed by atoms with van der Waals surface area (Å²) in [7, 11) is 0. The molecule has 0 aliphatic heterocycles. The van der Waals surface area contributed by atoms with Gasteiger partial charge in [-0.15, -0.1) is 0 Å². The molecule has 2 aliphatic carbocycles. The summed E-state index contributed by atoms with van der Waals surface area (Å²) in [6.45, 7) is 6.98. The largest absolute Gasteiger partial charge is 0.0740 e. The van der Waals surface area contributed by atoms with Gasteiger partial charge in [-0.3, -0.25) is 0 Å². The molecule has 0 radical (unpaired) electrons.